The molecule has 0 bridgehead atoms. The molecule has 140 valence electrons. The van der Waals surface area contributed by atoms with Crippen molar-refractivity contribution in [2.24, 2.45) is 0 Å². The lowest BCUT2D eigenvalue weighted by Crippen LogP contribution is -2.25. The predicted octanol–water partition coefficient (Wildman–Crippen LogP) is 3.71. The van der Waals surface area contributed by atoms with Gasteiger partial charge in [0, 0.05) is 7.05 Å². The van der Waals surface area contributed by atoms with E-state index in [4.69, 9.17) is 9.47 Å². The van der Waals surface area contributed by atoms with Crippen molar-refractivity contribution in [1.82, 2.24) is 10.2 Å². The second-order valence-corrected chi connectivity index (χ2v) is 7.33. The summed E-state index contributed by atoms with van der Waals surface area (Å²) in [7, 11) is 3.00. The molecule has 1 fully saturated rings. The van der Waals surface area contributed by atoms with Gasteiger partial charge >= 0.3 is 6.03 Å². The molecule has 0 atom stereocenters. The maximum absolute atomic E-state index is 12.0. The van der Waals surface area contributed by atoms with Gasteiger partial charge in [-0.15, -0.1) is 0 Å². The van der Waals surface area contributed by atoms with E-state index in [9.17, 15) is 9.59 Å². The van der Waals surface area contributed by atoms with Crippen LogP contribution in [0.15, 0.2) is 42.1 Å². The Morgan fingerprint density at radius 2 is 2.00 bits per heavy atom. The van der Waals surface area contributed by atoms with Crippen LogP contribution in [0.1, 0.15) is 16.7 Å². The average Bonchev–Trinajstić information content (AvgIpc) is 2.87. The molecule has 2 aromatic rings. The van der Waals surface area contributed by atoms with Crippen LogP contribution < -0.4 is 14.8 Å². The molecule has 1 saturated heterocycles. The summed E-state index contributed by atoms with van der Waals surface area (Å²) in [5.74, 6) is 0.834. The van der Waals surface area contributed by atoms with Crippen molar-refractivity contribution in [3.05, 3.63) is 62.4 Å². The van der Waals surface area contributed by atoms with Crippen molar-refractivity contribution < 1.29 is 19.1 Å². The smallest absolute Gasteiger partial charge is 0.328 e. The molecule has 1 aliphatic rings. The molecule has 0 aliphatic carbocycles. The van der Waals surface area contributed by atoms with Gasteiger partial charge in [0.2, 0.25) is 0 Å². The highest BCUT2D eigenvalue weighted by molar-refractivity contribution is 14.1. The average molecular weight is 478 g/mol. The normalized spacial score (nSPS) is 15.3. The number of benzene rings is 2. The molecule has 3 amide bonds. The minimum Gasteiger partial charge on any atom is -0.493 e. The molecule has 0 spiro atoms. The van der Waals surface area contributed by atoms with Gasteiger partial charge in [0.25, 0.3) is 5.91 Å². The van der Waals surface area contributed by atoms with Crippen LogP contribution in [0, 0.1) is 10.5 Å². The zero-order valence-electron chi connectivity index (χ0n) is 15.2. The van der Waals surface area contributed by atoms with Gasteiger partial charge in [0.15, 0.2) is 11.5 Å². The summed E-state index contributed by atoms with van der Waals surface area (Å²) in [6.07, 6.45) is 1.62. The van der Waals surface area contributed by atoms with Crippen molar-refractivity contribution in [2.75, 3.05) is 14.2 Å². The Morgan fingerprint density at radius 1 is 1.22 bits per heavy atom. The monoisotopic (exact) mass is 478 g/mol. The van der Waals surface area contributed by atoms with E-state index in [2.05, 4.69) is 34.0 Å². The first-order chi connectivity index (χ1) is 12.9. The van der Waals surface area contributed by atoms with Gasteiger partial charge in [-0.3, -0.25) is 9.69 Å². The number of carbonyl (C=O) groups is 2. The van der Waals surface area contributed by atoms with Crippen LogP contribution in [-0.2, 0) is 11.4 Å². The number of nitrogens with one attached hydrogen (secondary N) is 1. The summed E-state index contributed by atoms with van der Waals surface area (Å²) >= 11 is 2.17. The summed E-state index contributed by atoms with van der Waals surface area (Å²) in [5, 5.41) is 2.55. The number of methoxy groups -OCH3 is 1. The number of hydrogen-bond acceptors (Lipinski definition) is 4. The third-order valence-electron chi connectivity index (χ3n) is 4.11. The standard InChI is InChI=1S/C20H19IN2O4/c1-12-5-4-6-13(7-12)11-27-18-15(21)8-14(10-17(18)26-3)9-16-19(24)23(2)20(25)22-16/h4-10H,11H2,1-3H3,(H,22,25)/b16-9+. The molecular weight excluding hydrogens is 459 g/mol. The molecule has 1 heterocycles. The highest BCUT2D eigenvalue weighted by atomic mass is 127. The van der Waals surface area contributed by atoms with Crippen molar-refractivity contribution in [3.8, 4) is 11.5 Å². The predicted molar refractivity (Wildman–Crippen MR) is 111 cm³/mol. The lowest BCUT2D eigenvalue weighted by Gasteiger charge is -2.14. The van der Waals surface area contributed by atoms with Crippen molar-refractivity contribution in [1.29, 1.82) is 0 Å². The third kappa shape index (κ3) is 4.24. The molecule has 1 N–H and O–H groups in total. The largest absolute Gasteiger partial charge is 0.493 e. The molecule has 0 aromatic heterocycles. The maximum Gasteiger partial charge on any atom is 0.328 e. The molecule has 2 aromatic carbocycles. The number of amides is 3. The highest BCUT2D eigenvalue weighted by Crippen LogP contribution is 2.35. The van der Waals surface area contributed by atoms with E-state index >= 15 is 0 Å². The van der Waals surface area contributed by atoms with E-state index in [0.717, 1.165) is 19.6 Å². The van der Waals surface area contributed by atoms with Crippen LogP contribution in [0.2, 0.25) is 0 Å². The number of aryl methyl sites for hydroxylation is 1. The number of imide groups is 1. The first-order valence-electron chi connectivity index (χ1n) is 8.25. The second kappa shape index (κ2) is 7.99. The summed E-state index contributed by atoms with van der Waals surface area (Å²) < 4.78 is 12.3. The molecule has 7 heteroatoms. The summed E-state index contributed by atoms with van der Waals surface area (Å²) in [4.78, 5) is 24.6. The fourth-order valence-corrected chi connectivity index (χ4v) is 3.49. The van der Waals surface area contributed by atoms with Crippen molar-refractivity contribution in [3.63, 3.8) is 0 Å². The second-order valence-electron chi connectivity index (χ2n) is 6.16. The number of rotatable bonds is 5. The Balaban J connectivity index is 1.85. The summed E-state index contributed by atoms with van der Waals surface area (Å²) in [6.45, 7) is 2.46. The number of likely N-dealkylation sites (N-methyl/N-ethyl adjacent to an activating group) is 1. The highest BCUT2D eigenvalue weighted by Gasteiger charge is 2.30. The van der Waals surface area contributed by atoms with Gasteiger partial charge in [-0.1, -0.05) is 29.8 Å². The fraction of sp³-hybridized carbons (Fsp3) is 0.200. The molecule has 0 unspecified atom stereocenters. The van der Waals surface area contributed by atoms with E-state index in [1.165, 1.54) is 12.6 Å². The number of ether oxygens (including phenoxy) is 2. The lowest BCUT2D eigenvalue weighted by atomic mass is 10.1. The zero-order valence-corrected chi connectivity index (χ0v) is 17.4. The molecule has 1 aliphatic heterocycles. The minimum atomic E-state index is -0.439. The van der Waals surface area contributed by atoms with Crippen LogP contribution in [0.3, 0.4) is 0 Å². The van der Waals surface area contributed by atoms with Gasteiger partial charge in [-0.2, -0.15) is 0 Å². The molecular formula is C20H19IN2O4. The Kier molecular flexibility index (Phi) is 5.69. The van der Waals surface area contributed by atoms with E-state index in [0.29, 0.717) is 18.1 Å². The van der Waals surface area contributed by atoms with Crippen LogP contribution in [0.4, 0.5) is 4.79 Å². The van der Waals surface area contributed by atoms with Crippen molar-refractivity contribution in [2.45, 2.75) is 13.5 Å². The van der Waals surface area contributed by atoms with E-state index in [-0.39, 0.29) is 11.6 Å². The molecule has 3 rings (SSSR count). The number of carbonyl (C=O) groups excluding carboxylic acids is 2. The van der Waals surface area contributed by atoms with Gasteiger partial charge in [0.1, 0.15) is 12.3 Å². The Labute approximate surface area is 171 Å². The Hall–Kier alpha value is -2.55. The minimum absolute atomic E-state index is 0.230. The van der Waals surface area contributed by atoms with Crippen LogP contribution >= 0.6 is 22.6 Å². The molecule has 0 radical (unpaired) electrons. The first-order valence-corrected chi connectivity index (χ1v) is 9.33. The van der Waals surface area contributed by atoms with Gasteiger partial charge < -0.3 is 14.8 Å². The lowest BCUT2D eigenvalue weighted by molar-refractivity contribution is -0.121. The quantitative estimate of drug-likeness (QED) is 0.405. The van der Waals surface area contributed by atoms with Crippen LogP contribution in [-0.4, -0.2) is 31.0 Å². The SMILES string of the molecule is COc1cc(/C=C2/NC(=O)N(C)C2=O)cc(I)c1OCc1cccc(C)c1. The maximum atomic E-state index is 12.0. The van der Waals surface area contributed by atoms with E-state index < -0.39 is 6.03 Å². The molecule has 0 saturated carbocycles. The van der Waals surface area contributed by atoms with Crippen molar-refractivity contribution >= 4 is 40.6 Å². The molecule has 27 heavy (non-hydrogen) atoms. The number of halogens is 1. The van der Waals surface area contributed by atoms with Gasteiger partial charge in [-0.25, -0.2) is 4.79 Å². The Bertz CT molecular complexity index is 940. The fourth-order valence-electron chi connectivity index (χ4n) is 2.71. The number of urea groups is 1. The number of hydrogen-bond donors (Lipinski definition) is 1. The number of nitrogens with zero attached hydrogens (tertiary/aromatic N) is 1. The topological polar surface area (TPSA) is 67.9 Å². The molecule has 6 nitrogen and oxygen atoms in total. The van der Waals surface area contributed by atoms with E-state index in [1.54, 1.807) is 19.3 Å². The van der Waals surface area contributed by atoms with Crippen LogP contribution in [0.5, 0.6) is 11.5 Å². The van der Waals surface area contributed by atoms with E-state index in [1.807, 2.05) is 31.2 Å². The zero-order chi connectivity index (χ0) is 19.6. The Morgan fingerprint density at radius 3 is 2.63 bits per heavy atom. The van der Waals surface area contributed by atoms with Gasteiger partial charge in [0.05, 0.1) is 10.7 Å². The summed E-state index contributed by atoms with van der Waals surface area (Å²) in [5.41, 5.74) is 3.21. The summed E-state index contributed by atoms with van der Waals surface area (Å²) in [6, 6.07) is 11.3. The first kappa shape index (κ1) is 19.2. The third-order valence-corrected chi connectivity index (χ3v) is 4.91. The van der Waals surface area contributed by atoms with Crippen LogP contribution in [0.25, 0.3) is 6.08 Å². The van der Waals surface area contributed by atoms with Gasteiger partial charge in [-0.05, 0) is 58.9 Å².